The molecule has 2 N–H and O–H groups in total. The number of unbranched alkanes of at least 4 members (excludes halogenated alkanes) is 1. The maximum absolute atomic E-state index is 12.3. The molecule has 2 amide bonds. The van der Waals surface area contributed by atoms with Crippen molar-refractivity contribution in [3.8, 4) is 17.5 Å². The Labute approximate surface area is 173 Å². The van der Waals surface area contributed by atoms with Gasteiger partial charge in [-0.2, -0.15) is 0 Å². The highest BCUT2D eigenvalue weighted by Gasteiger charge is 2.17. The quantitative estimate of drug-likeness (QED) is 0.563. The van der Waals surface area contributed by atoms with Crippen LogP contribution in [0.2, 0.25) is 0 Å². The first kappa shape index (κ1) is 21.0. The van der Waals surface area contributed by atoms with Gasteiger partial charge in [-0.15, -0.1) is 10.2 Å². The smallest absolute Gasteiger partial charge is 0.302 e. The van der Waals surface area contributed by atoms with Gasteiger partial charge in [-0.25, -0.2) is 0 Å². The minimum atomic E-state index is -0.735. The lowest BCUT2D eigenvalue weighted by Gasteiger charge is -2.05. The number of azo groups is 1. The van der Waals surface area contributed by atoms with Gasteiger partial charge in [0.2, 0.25) is 11.8 Å². The first-order valence-corrected chi connectivity index (χ1v) is 9.63. The third-order valence-corrected chi connectivity index (χ3v) is 4.69. The Kier molecular flexibility index (Phi) is 6.46. The number of aryl methyl sites for hydroxylation is 1. The Hall–Kier alpha value is -3.68. The number of rotatable bonds is 7. The Balaban J connectivity index is 1.70. The van der Waals surface area contributed by atoms with Crippen molar-refractivity contribution in [3.05, 3.63) is 53.6 Å². The monoisotopic (exact) mass is 409 g/mol. The van der Waals surface area contributed by atoms with Crippen LogP contribution in [-0.2, 0) is 11.3 Å². The van der Waals surface area contributed by atoms with Crippen molar-refractivity contribution in [2.75, 3.05) is 6.61 Å². The van der Waals surface area contributed by atoms with Crippen LogP contribution < -0.4 is 4.74 Å². The average molecular weight is 409 g/mol. The van der Waals surface area contributed by atoms with Crippen LogP contribution in [0.3, 0.4) is 0 Å². The van der Waals surface area contributed by atoms with Gasteiger partial charge < -0.3 is 14.9 Å². The van der Waals surface area contributed by atoms with Gasteiger partial charge in [0, 0.05) is 22.9 Å². The number of hydrogen-bond acceptors (Lipinski definition) is 5. The van der Waals surface area contributed by atoms with Gasteiger partial charge in [0.15, 0.2) is 6.61 Å². The van der Waals surface area contributed by atoms with Crippen molar-refractivity contribution < 1.29 is 24.5 Å². The molecule has 0 aliphatic carbocycles. The number of aromatic nitrogens is 1. The van der Waals surface area contributed by atoms with Crippen LogP contribution in [0.25, 0.3) is 10.8 Å². The van der Waals surface area contributed by atoms with Gasteiger partial charge in [-0.05, 0) is 43.2 Å². The van der Waals surface area contributed by atoms with Crippen molar-refractivity contribution in [2.45, 2.75) is 33.2 Å². The molecule has 0 unspecified atom stereocenters. The molecule has 0 saturated carbocycles. The van der Waals surface area contributed by atoms with E-state index in [0.717, 1.165) is 18.4 Å². The molecule has 0 atom stereocenters. The van der Waals surface area contributed by atoms with E-state index in [0.29, 0.717) is 23.1 Å². The number of ether oxygens (including phenoxy) is 1. The summed E-state index contributed by atoms with van der Waals surface area (Å²) in [5, 5.41) is 28.3. The van der Waals surface area contributed by atoms with Crippen LogP contribution in [0.5, 0.6) is 17.5 Å². The number of carbonyl (C=O) groups is 2. The Morgan fingerprint density at radius 1 is 1.03 bits per heavy atom. The van der Waals surface area contributed by atoms with Crippen LogP contribution in [0.15, 0.2) is 52.7 Å². The number of amides is 2. The molecule has 0 saturated heterocycles. The third kappa shape index (κ3) is 4.48. The number of para-hydroxylation sites is 1. The van der Waals surface area contributed by atoms with Crippen molar-refractivity contribution in [1.29, 1.82) is 0 Å². The fraction of sp³-hybridized carbons (Fsp3) is 0.273. The molecule has 8 heteroatoms. The zero-order valence-electron chi connectivity index (χ0n) is 16.8. The van der Waals surface area contributed by atoms with Crippen molar-refractivity contribution >= 4 is 22.6 Å². The SMILES string of the molecule is CCCCn1c(O)c2ccc(C(=O)N=NC(=O)COc3ccccc3C)cc2c1O. The van der Waals surface area contributed by atoms with E-state index in [2.05, 4.69) is 10.2 Å². The minimum Gasteiger partial charge on any atom is -0.494 e. The summed E-state index contributed by atoms with van der Waals surface area (Å²) < 4.78 is 6.78. The highest BCUT2D eigenvalue weighted by Crippen LogP contribution is 2.37. The molecule has 0 radical (unpaired) electrons. The average Bonchev–Trinajstić information content (AvgIpc) is 2.99. The molecule has 0 bridgehead atoms. The fourth-order valence-electron chi connectivity index (χ4n) is 3.02. The number of nitrogens with zero attached hydrogens (tertiary/aromatic N) is 3. The molecule has 156 valence electrons. The van der Waals surface area contributed by atoms with E-state index in [-0.39, 0.29) is 23.9 Å². The molecule has 2 aromatic carbocycles. The third-order valence-electron chi connectivity index (χ3n) is 4.69. The topological polar surface area (TPSA) is 113 Å². The van der Waals surface area contributed by atoms with E-state index in [4.69, 9.17) is 4.74 Å². The summed E-state index contributed by atoms with van der Waals surface area (Å²) in [6.45, 7) is 3.98. The molecular formula is C22H23N3O5. The summed E-state index contributed by atoms with van der Waals surface area (Å²) in [4.78, 5) is 24.2. The first-order chi connectivity index (χ1) is 14.4. The molecule has 0 aliphatic heterocycles. The van der Waals surface area contributed by atoms with E-state index in [1.54, 1.807) is 12.1 Å². The van der Waals surface area contributed by atoms with Crippen molar-refractivity contribution in [1.82, 2.24) is 4.57 Å². The summed E-state index contributed by atoms with van der Waals surface area (Å²) in [6, 6.07) is 11.6. The first-order valence-electron chi connectivity index (χ1n) is 9.63. The molecule has 1 aromatic heterocycles. The van der Waals surface area contributed by atoms with Gasteiger partial charge in [0.1, 0.15) is 5.75 Å². The predicted octanol–water partition coefficient (Wildman–Crippen LogP) is 4.36. The van der Waals surface area contributed by atoms with Crippen molar-refractivity contribution in [3.63, 3.8) is 0 Å². The van der Waals surface area contributed by atoms with Crippen LogP contribution in [-0.4, -0.2) is 33.2 Å². The normalized spacial score (nSPS) is 11.3. The minimum absolute atomic E-state index is 0.0555. The second-order valence-corrected chi connectivity index (χ2v) is 6.87. The summed E-state index contributed by atoms with van der Waals surface area (Å²) in [6.07, 6.45) is 1.69. The summed E-state index contributed by atoms with van der Waals surface area (Å²) in [5.74, 6) is -1.05. The predicted molar refractivity (Wildman–Crippen MR) is 111 cm³/mol. The molecule has 3 aromatic rings. The number of benzene rings is 2. The lowest BCUT2D eigenvalue weighted by atomic mass is 10.1. The van der Waals surface area contributed by atoms with Crippen LogP contribution >= 0.6 is 0 Å². The van der Waals surface area contributed by atoms with Crippen LogP contribution in [0.1, 0.15) is 35.7 Å². The molecule has 30 heavy (non-hydrogen) atoms. The van der Waals surface area contributed by atoms with Gasteiger partial charge in [0.25, 0.3) is 5.91 Å². The molecule has 0 fully saturated rings. The molecule has 1 heterocycles. The molecule has 3 rings (SSSR count). The van der Waals surface area contributed by atoms with Gasteiger partial charge in [-0.1, -0.05) is 31.5 Å². The maximum Gasteiger partial charge on any atom is 0.302 e. The Morgan fingerprint density at radius 2 is 1.77 bits per heavy atom. The lowest BCUT2D eigenvalue weighted by Crippen LogP contribution is -2.09. The zero-order chi connectivity index (χ0) is 21.7. The fourth-order valence-corrected chi connectivity index (χ4v) is 3.02. The van der Waals surface area contributed by atoms with E-state index in [9.17, 15) is 19.8 Å². The second kappa shape index (κ2) is 9.21. The Bertz CT molecular complexity index is 1120. The highest BCUT2D eigenvalue weighted by atomic mass is 16.5. The largest absolute Gasteiger partial charge is 0.494 e. The number of hydrogen-bond donors (Lipinski definition) is 2. The molecule has 8 nitrogen and oxygen atoms in total. The van der Waals surface area contributed by atoms with Crippen molar-refractivity contribution in [2.24, 2.45) is 10.2 Å². The van der Waals surface area contributed by atoms with E-state index in [1.807, 2.05) is 26.0 Å². The molecular weight excluding hydrogens is 386 g/mol. The van der Waals surface area contributed by atoms with Gasteiger partial charge >= 0.3 is 5.91 Å². The summed E-state index contributed by atoms with van der Waals surface area (Å²) >= 11 is 0. The van der Waals surface area contributed by atoms with Gasteiger partial charge in [-0.3, -0.25) is 14.2 Å². The zero-order valence-corrected chi connectivity index (χ0v) is 16.8. The lowest BCUT2D eigenvalue weighted by molar-refractivity contribution is -0.120. The van der Waals surface area contributed by atoms with Gasteiger partial charge in [0.05, 0.1) is 0 Å². The standard InChI is InChI=1S/C22H23N3O5/c1-3-4-11-25-21(28)16-10-9-15(12-17(16)22(25)29)20(27)24-23-19(26)13-30-18-8-6-5-7-14(18)2/h5-10,12,28-29H,3-4,11,13H2,1-2H3. The molecule has 0 aliphatic rings. The van der Waals surface area contributed by atoms with E-state index in [1.165, 1.54) is 22.8 Å². The Morgan fingerprint density at radius 3 is 2.50 bits per heavy atom. The summed E-state index contributed by atoms with van der Waals surface area (Å²) in [5.41, 5.74) is 1.02. The van der Waals surface area contributed by atoms with Crippen LogP contribution in [0.4, 0.5) is 0 Å². The van der Waals surface area contributed by atoms with Crippen LogP contribution in [0, 0.1) is 6.92 Å². The highest BCUT2D eigenvalue weighted by molar-refractivity contribution is 6.02. The number of carbonyl (C=O) groups excluding carboxylic acids is 2. The molecule has 0 spiro atoms. The summed E-state index contributed by atoms with van der Waals surface area (Å²) in [7, 11) is 0. The van der Waals surface area contributed by atoms with E-state index >= 15 is 0 Å². The number of aromatic hydroxyl groups is 2. The van der Waals surface area contributed by atoms with E-state index < -0.39 is 11.8 Å². The number of fused-ring (bicyclic) bond motifs is 1. The second-order valence-electron chi connectivity index (χ2n) is 6.87. The maximum atomic E-state index is 12.3.